The number of aliphatic hydroxyl groups is 3. The highest BCUT2D eigenvalue weighted by Gasteiger charge is 2.25. The lowest BCUT2D eigenvalue weighted by Gasteiger charge is -2.28. The summed E-state index contributed by atoms with van der Waals surface area (Å²) in [7, 11) is 0. The lowest BCUT2D eigenvalue weighted by atomic mass is 9.81. The second-order valence-corrected chi connectivity index (χ2v) is 11.4. The number of carboxylic acid groups (broad SMARTS) is 1. The third-order valence-corrected chi connectivity index (χ3v) is 7.85. The van der Waals surface area contributed by atoms with E-state index in [0.717, 1.165) is 38.5 Å². The van der Waals surface area contributed by atoms with Crippen LogP contribution in [0.15, 0.2) is 34.4 Å². The number of aliphatic hydroxyl groups excluding tert-OH is 1. The Bertz CT molecular complexity index is 756. The Morgan fingerprint density at radius 2 is 1.65 bits per heavy atom. The molecule has 5 atom stereocenters. The fraction of sp³-hybridized carbons (Fsp3) is 0.759. The van der Waals surface area contributed by atoms with Gasteiger partial charge in [0.2, 0.25) is 0 Å². The van der Waals surface area contributed by atoms with Crippen molar-refractivity contribution < 1.29 is 25.2 Å². The summed E-state index contributed by atoms with van der Waals surface area (Å²) < 4.78 is 0. The number of hydrogen-bond donors (Lipinski definition) is 3. The fourth-order valence-electron chi connectivity index (χ4n) is 4.76. The fourth-order valence-corrected chi connectivity index (χ4v) is 4.76. The van der Waals surface area contributed by atoms with E-state index in [-0.39, 0.29) is 17.6 Å². The molecule has 0 aromatic rings. The predicted octanol–water partition coefficient (Wildman–Crippen LogP) is 5.00. The van der Waals surface area contributed by atoms with Crippen LogP contribution >= 0.6 is 0 Å². The molecular formula is C29H49O5-. The van der Waals surface area contributed by atoms with Crippen molar-refractivity contribution in [3.8, 4) is 0 Å². The summed E-state index contributed by atoms with van der Waals surface area (Å²) in [6.07, 6.45) is 11.0. The minimum absolute atomic E-state index is 0.192. The Hall–Kier alpha value is -1.43. The molecule has 1 aliphatic carbocycles. The number of hydrogen-bond acceptors (Lipinski definition) is 5. The van der Waals surface area contributed by atoms with Gasteiger partial charge in [-0.15, -0.1) is 0 Å². The van der Waals surface area contributed by atoms with Gasteiger partial charge in [-0.3, -0.25) is 0 Å². The van der Waals surface area contributed by atoms with Gasteiger partial charge in [0.1, 0.15) is 0 Å². The molecule has 5 heteroatoms. The topological polar surface area (TPSA) is 101 Å². The highest BCUT2D eigenvalue weighted by atomic mass is 16.4. The minimum atomic E-state index is -1.17. The lowest BCUT2D eigenvalue weighted by Crippen LogP contribution is -2.28. The van der Waals surface area contributed by atoms with Crippen molar-refractivity contribution in [1.29, 1.82) is 0 Å². The Morgan fingerprint density at radius 1 is 1.09 bits per heavy atom. The summed E-state index contributed by atoms with van der Waals surface area (Å²) >= 11 is 0. The predicted molar refractivity (Wildman–Crippen MR) is 137 cm³/mol. The first-order chi connectivity index (χ1) is 15.6. The van der Waals surface area contributed by atoms with Crippen LogP contribution in [-0.2, 0) is 4.79 Å². The zero-order valence-corrected chi connectivity index (χ0v) is 22.6. The summed E-state index contributed by atoms with van der Waals surface area (Å²) in [5.74, 6) is -0.422. The molecule has 0 saturated heterocycles. The van der Waals surface area contributed by atoms with Gasteiger partial charge in [0.05, 0.1) is 23.3 Å². The normalized spacial score (nSPS) is 23.8. The lowest BCUT2D eigenvalue weighted by molar-refractivity contribution is -0.299. The van der Waals surface area contributed by atoms with Crippen LogP contribution < -0.4 is 5.11 Å². The standard InChI is InChI=1S/C29H50O5/c1-20(13-14-25-19-26(30)24(5)22(3)23(25)4)11-8-15-28(6,33)17-10-18-29(7,34)16-9-12-21(2)27(31)32/h12,19-20,24,26,30,33-34H,8-11,13-18H2,1-7H3,(H,31,32)/p-1/b21-12+. The molecule has 0 aromatic heterocycles. The van der Waals surface area contributed by atoms with Crippen molar-refractivity contribution in [2.75, 3.05) is 0 Å². The Kier molecular flexibility index (Phi) is 12.2. The van der Waals surface area contributed by atoms with Crippen molar-refractivity contribution in [3.05, 3.63) is 34.4 Å². The van der Waals surface area contributed by atoms with Gasteiger partial charge < -0.3 is 25.2 Å². The minimum Gasteiger partial charge on any atom is -0.545 e. The first-order valence-electron chi connectivity index (χ1n) is 13.0. The van der Waals surface area contributed by atoms with E-state index in [1.807, 2.05) is 13.0 Å². The van der Waals surface area contributed by atoms with Gasteiger partial charge >= 0.3 is 0 Å². The largest absolute Gasteiger partial charge is 0.545 e. The average Bonchev–Trinajstić information content (AvgIpc) is 2.73. The van der Waals surface area contributed by atoms with Crippen LogP contribution in [0.2, 0.25) is 0 Å². The molecule has 0 spiro atoms. The van der Waals surface area contributed by atoms with Crippen LogP contribution in [-0.4, -0.2) is 38.6 Å². The smallest absolute Gasteiger partial charge is 0.0789 e. The van der Waals surface area contributed by atoms with Gasteiger partial charge in [-0.05, 0) is 109 Å². The van der Waals surface area contributed by atoms with E-state index in [0.29, 0.717) is 31.6 Å². The van der Waals surface area contributed by atoms with Crippen molar-refractivity contribution in [1.82, 2.24) is 0 Å². The van der Waals surface area contributed by atoms with Gasteiger partial charge in [0.15, 0.2) is 0 Å². The summed E-state index contributed by atoms with van der Waals surface area (Å²) in [4.78, 5) is 10.7. The molecule has 0 fully saturated rings. The van der Waals surface area contributed by atoms with Crippen LogP contribution in [0.1, 0.15) is 113 Å². The van der Waals surface area contributed by atoms with Crippen LogP contribution in [0, 0.1) is 11.8 Å². The van der Waals surface area contributed by atoms with E-state index >= 15 is 0 Å². The molecule has 0 aromatic carbocycles. The van der Waals surface area contributed by atoms with Crippen molar-refractivity contribution >= 4 is 5.97 Å². The van der Waals surface area contributed by atoms with Gasteiger partial charge in [-0.25, -0.2) is 0 Å². The molecule has 0 radical (unpaired) electrons. The Morgan fingerprint density at radius 3 is 2.24 bits per heavy atom. The molecule has 34 heavy (non-hydrogen) atoms. The third-order valence-electron chi connectivity index (χ3n) is 7.85. The van der Waals surface area contributed by atoms with Crippen LogP contribution in [0.5, 0.6) is 0 Å². The number of carboxylic acids is 1. The molecule has 0 aliphatic heterocycles. The quantitative estimate of drug-likeness (QED) is 0.288. The van der Waals surface area contributed by atoms with E-state index in [2.05, 4.69) is 27.7 Å². The molecule has 3 N–H and O–H groups in total. The second-order valence-electron chi connectivity index (χ2n) is 11.4. The Labute approximate surface area is 207 Å². The first kappa shape index (κ1) is 30.6. The molecule has 0 amide bonds. The van der Waals surface area contributed by atoms with Gasteiger partial charge in [0.25, 0.3) is 0 Å². The van der Waals surface area contributed by atoms with E-state index in [1.54, 1.807) is 13.0 Å². The van der Waals surface area contributed by atoms with E-state index in [9.17, 15) is 25.2 Å². The molecule has 1 aliphatic rings. The first-order valence-corrected chi connectivity index (χ1v) is 13.0. The number of allylic oxidation sites excluding steroid dienone is 3. The maximum Gasteiger partial charge on any atom is 0.0789 e. The molecule has 5 unspecified atom stereocenters. The number of carbonyl (C=O) groups is 1. The summed E-state index contributed by atoms with van der Waals surface area (Å²) in [6.45, 7) is 13.8. The van der Waals surface area contributed by atoms with Crippen LogP contribution in [0.3, 0.4) is 0 Å². The van der Waals surface area contributed by atoms with Crippen molar-refractivity contribution in [2.45, 2.75) is 130 Å². The summed E-state index contributed by atoms with van der Waals surface area (Å²) in [5, 5.41) is 42.3. The molecule has 5 nitrogen and oxygen atoms in total. The Balaban J connectivity index is 2.33. The van der Waals surface area contributed by atoms with Crippen molar-refractivity contribution in [2.24, 2.45) is 11.8 Å². The number of rotatable bonds is 15. The van der Waals surface area contributed by atoms with E-state index in [4.69, 9.17) is 0 Å². The van der Waals surface area contributed by atoms with Crippen LogP contribution in [0.4, 0.5) is 0 Å². The van der Waals surface area contributed by atoms with Gasteiger partial charge in [-0.1, -0.05) is 44.4 Å². The number of aliphatic carboxylic acids is 1. The maximum atomic E-state index is 10.8. The highest BCUT2D eigenvalue weighted by Crippen LogP contribution is 2.33. The SMILES string of the molecule is CC1=C(C)C(C)C(O)C=C1CCC(C)CCCC(C)(O)CCCC(C)(O)CC/C=C(\C)C(=O)[O-]. The second kappa shape index (κ2) is 13.6. The number of carbonyl (C=O) groups excluding carboxylic acids is 1. The molecule has 196 valence electrons. The average molecular weight is 478 g/mol. The molecule has 1 rings (SSSR count). The zero-order chi connectivity index (χ0) is 26.1. The summed E-state index contributed by atoms with van der Waals surface area (Å²) in [6, 6.07) is 0. The van der Waals surface area contributed by atoms with Crippen LogP contribution in [0.25, 0.3) is 0 Å². The van der Waals surface area contributed by atoms with Crippen molar-refractivity contribution in [3.63, 3.8) is 0 Å². The maximum absolute atomic E-state index is 10.8. The van der Waals surface area contributed by atoms with E-state index < -0.39 is 17.2 Å². The molecule has 0 heterocycles. The molecular weight excluding hydrogens is 428 g/mol. The van der Waals surface area contributed by atoms with E-state index in [1.165, 1.54) is 23.6 Å². The molecule has 0 bridgehead atoms. The highest BCUT2D eigenvalue weighted by molar-refractivity contribution is 5.83. The van der Waals surface area contributed by atoms with Gasteiger partial charge in [0, 0.05) is 5.92 Å². The van der Waals surface area contributed by atoms with Gasteiger partial charge in [-0.2, -0.15) is 0 Å². The zero-order valence-electron chi connectivity index (χ0n) is 22.6. The molecule has 0 saturated carbocycles. The summed E-state index contributed by atoms with van der Waals surface area (Å²) in [5.41, 5.74) is 2.46. The monoisotopic (exact) mass is 477 g/mol. The third kappa shape index (κ3) is 10.9.